The van der Waals surface area contributed by atoms with Crippen molar-refractivity contribution in [2.75, 3.05) is 25.5 Å². The molecule has 2 aliphatic carbocycles. The fourth-order valence-electron chi connectivity index (χ4n) is 5.20. The third-order valence-corrected chi connectivity index (χ3v) is 8.39. The van der Waals surface area contributed by atoms with Crippen LogP contribution in [0.25, 0.3) is 0 Å². The van der Waals surface area contributed by atoms with Crippen LogP contribution in [0.2, 0.25) is 0 Å². The van der Waals surface area contributed by atoms with E-state index in [1.54, 1.807) is 19.2 Å². The van der Waals surface area contributed by atoms with Crippen LogP contribution in [0.15, 0.2) is 39.6 Å². The Bertz CT molecular complexity index is 1090. The Morgan fingerprint density at radius 1 is 1.16 bits per heavy atom. The van der Waals surface area contributed by atoms with Gasteiger partial charge < -0.3 is 15.2 Å². The number of aliphatic hydroxyl groups excluding tert-OH is 1. The fraction of sp³-hybridized carbons (Fsp3) is 0.500. The predicted octanol–water partition coefficient (Wildman–Crippen LogP) is 2.58. The Hall–Kier alpha value is -1.97. The molecule has 1 heterocycles. The van der Waals surface area contributed by atoms with Gasteiger partial charge in [0.2, 0.25) is 6.35 Å². The van der Waals surface area contributed by atoms with Crippen LogP contribution in [0, 0.1) is 0 Å². The zero-order valence-electron chi connectivity index (χ0n) is 18.5. The smallest absolute Gasteiger partial charge is 0.233 e. The Kier molecular flexibility index (Phi) is 5.98. The maximum atomic E-state index is 13.1. The number of rotatable bonds is 7. The van der Waals surface area contributed by atoms with Crippen molar-refractivity contribution in [2.24, 2.45) is 9.50 Å². The highest BCUT2D eigenvalue weighted by Crippen LogP contribution is 2.38. The topological polar surface area (TPSA) is 100 Å². The van der Waals surface area contributed by atoms with Crippen molar-refractivity contribution in [1.29, 1.82) is 0 Å². The van der Waals surface area contributed by atoms with Crippen molar-refractivity contribution in [3.05, 3.63) is 58.1 Å². The first-order valence-corrected chi connectivity index (χ1v) is 13.0. The first-order chi connectivity index (χ1) is 15.4. The molecule has 0 amide bonds. The lowest BCUT2D eigenvalue weighted by Crippen LogP contribution is -2.50. The molecule has 32 heavy (non-hydrogen) atoms. The van der Waals surface area contributed by atoms with Crippen LogP contribution in [0.5, 0.6) is 0 Å². The number of nitrogens with two attached hydrogens (primary N) is 1. The molecule has 2 aromatic carbocycles. The fourth-order valence-corrected chi connectivity index (χ4v) is 6.20. The molecule has 1 aliphatic heterocycles. The van der Waals surface area contributed by atoms with Crippen molar-refractivity contribution in [1.82, 2.24) is 4.90 Å². The van der Waals surface area contributed by atoms with E-state index >= 15 is 0 Å². The molecule has 0 saturated carbocycles. The van der Waals surface area contributed by atoms with E-state index in [1.165, 1.54) is 22.3 Å². The van der Waals surface area contributed by atoms with Gasteiger partial charge in [0.25, 0.3) is 0 Å². The summed E-state index contributed by atoms with van der Waals surface area (Å²) in [5, 5.41) is 19.9. The van der Waals surface area contributed by atoms with E-state index in [4.69, 9.17) is 9.88 Å². The van der Waals surface area contributed by atoms with Crippen LogP contribution in [0.3, 0.4) is 0 Å². The molecule has 0 aromatic heterocycles. The monoisotopic (exact) mass is 456 g/mol. The quantitative estimate of drug-likeness (QED) is 0.556. The SMILES string of the molecule is COC1CN(Cc2ccc(S(N)(=O)=NC(O)Nc3c4c(cc5c3CCC5)CCC4)cc2)C1. The summed E-state index contributed by atoms with van der Waals surface area (Å²) in [5.74, 6) is 0. The lowest BCUT2D eigenvalue weighted by atomic mass is 9.99. The van der Waals surface area contributed by atoms with Crippen LogP contribution in [0.4, 0.5) is 5.69 Å². The van der Waals surface area contributed by atoms with Gasteiger partial charge in [-0.3, -0.25) is 4.90 Å². The van der Waals surface area contributed by atoms with Crippen molar-refractivity contribution >= 4 is 15.6 Å². The number of likely N-dealkylation sites (tertiary alicyclic amines) is 1. The number of nitrogens with one attached hydrogen (secondary N) is 1. The van der Waals surface area contributed by atoms with Gasteiger partial charge in [0, 0.05) is 32.4 Å². The molecule has 0 bridgehead atoms. The summed E-state index contributed by atoms with van der Waals surface area (Å²) in [6.07, 6.45) is 5.40. The minimum absolute atomic E-state index is 0.317. The highest BCUT2D eigenvalue weighted by molar-refractivity contribution is 7.91. The lowest BCUT2D eigenvalue weighted by Gasteiger charge is -2.38. The van der Waals surface area contributed by atoms with Gasteiger partial charge in [-0.2, -0.15) is 4.36 Å². The van der Waals surface area contributed by atoms with Gasteiger partial charge in [-0.15, -0.1) is 0 Å². The van der Waals surface area contributed by atoms with Crippen molar-refractivity contribution in [3.63, 3.8) is 0 Å². The standard InChI is InChI=1S/C24H32N4O3S/c1-31-19-14-28(15-19)13-16-8-10-20(11-9-16)32(25,30)27-24(29)26-23-21-6-2-4-17(21)12-18-5-3-7-22(18)23/h8-12,19,24,26,29H,2-7,13-15H2,1H3,(H2,25,27,30). The second kappa shape index (κ2) is 8.76. The number of hydrogen-bond acceptors (Lipinski definition) is 6. The number of anilines is 1. The Morgan fingerprint density at radius 2 is 1.78 bits per heavy atom. The molecule has 3 aliphatic rings. The molecule has 2 unspecified atom stereocenters. The summed E-state index contributed by atoms with van der Waals surface area (Å²) in [4.78, 5) is 2.71. The number of fused-ring (bicyclic) bond motifs is 2. The summed E-state index contributed by atoms with van der Waals surface area (Å²) in [6.45, 7) is 2.66. The van der Waals surface area contributed by atoms with Crippen molar-refractivity contribution in [2.45, 2.75) is 62.4 Å². The van der Waals surface area contributed by atoms with E-state index in [9.17, 15) is 9.32 Å². The summed E-state index contributed by atoms with van der Waals surface area (Å²) >= 11 is 0. The largest absolute Gasteiger partial charge is 0.379 e. The number of methoxy groups -OCH3 is 1. The first kappa shape index (κ1) is 21.9. The maximum absolute atomic E-state index is 13.1. The molecule has 5 rings (SSSR count). The van der Waals surface area contributed by atoms with E-state index in [0.717, 1.165) is 69.4 Å². The molecule has 1 fully saturated rings. The lowest BCUT2D eigenvalue weighted by molar-refractivity contribution is -0.0334. The second-order valence-corrected chi connectivity index (χ2v) is 10.9. The zero-order chi connectivity index (χ0) is 22.3. The Labute approximate surface area is 190 Å². The molecule has 2 aromatic rings. The average Bonchev–Trinajstić information content (AvgIpc) is 3.39. The van der Waals surface area contributed by atoms with Crippen molar-refractivity contribution in [3.8, 4) is 0 Å². The highest BCUT2D eigenvalue weighted by Gasteiger charge is 2.27. The predicted molar refractivity (Wildman–Crippen MR) is 126 cm³/mol. The van der Waals surface area contributed by atoms with Crippen LogP contribution in [-0.4, -0.2) is 46.9 Å². The molecular weight excluding hydrogens is 424 g/mol. The summed E-state index contributed by atoms with van der Waals surface area (Å²) < 4.78 is 22.5. The zero-order valence-corrected chi connectivity index (χ0v) is 19.4. The van der Waals surface area contributed by atoms with Crippen LogP contribution < -0.4 is 10.5 Å². The van der Waals surface area contributed by atoms with Crippen LogP contribution in [-0.2, 0) is 46.9 Å². The van der Waals surface area contributed by atoms with Crippen molar-refractivity contribution < 1.29 is 14.1 Å². The van der Waals surface area contributed by atoms with E-state index in [1.807, 2.05) is 12.1 Å². The molecule has 0 spiro atoms. The number of nitrogens with zero attached hydrogens (tertiary/aromatic N) is 2. The third-order valence-electron chi connectivity index (χ3n) is 6.93. The van der Waals surface area contributed by atoms with Gasteiger partial charge in [0.15, 0.2) is 0 Å². The maximum Gasteiger partial charge on any atom is 0.233 e. The van der Waals surface area contributed by atoms with Gasteiger partial charge >= 0.3 is 0 Å². The summed E-state index contributed by atoms with van der Waals surface area (Å²) in [5.41, 5.74) is 7.38. The van der Waals surface area contributed by atoms with E-state index in [0.29, 0.717) is 11.0 Å². The Morgan fingerprint density at radius 3 is 2.38 bits per heavy atom. The molecule has 2 atom stereocenters. The summed E-state index contributed by atoms with van der Waals surface area (Å²) in [7, 11) is -1.49. The van der Waals surface area contributed by atoms with Gasteiger partial charge in [0.1, 0.15) is 9.92 Å². The number of benzene rings is 2. The number of aryl methyl sites for hydroxylation is 2. The minimum Gasteiger partial charge on any atom is -0.379 e. The normalized spacial score (nSPS) is 20.8. The molecule has 0 radical (unpaired) electrons. The molecule has 172 valence electrons. The Balaban J connectivity index is 1.31. The number of ether oxygens (including phenoxy) is 1. The van der Waals surface area contributed by atoms with Gasteiger partial charge in [-0.1, -0.05) is 18.2 Å². The van der Waals surface area contributed by atoms with Gasteiger partial charge in [-0.05, 0) is 78.5 Å². The average molecular weight is 457 g/mol. The van der Waals surface area contributed by atoms with E-state index < -0.39 is 16.3 Å². The summed E-state index contributed by atoms with van der Waals surface area (Å²) in [6, 6.07) is 9.68. The van der Waals surface area contributed by atoms with Gasteiger partial charge in [-0.25, -0.2) is 9.35 Å². The number of hydrogen-bond donors (Lipinski definition) is 3. The number of aliphatic hydroxyl groups is 1. The molecule has 7 nitrogen and oxygen atoms in total. The molecule has 4 N–H and O–H groups in total. The molecule has 1 saturated heterocycles. The minimum atomic E-state index is -3.23. The third kappa shape index (κ3) is 4.30. The van der Waals surface area contributed by atoms with E-state index in [-0.39, 0.29) is 0 Å². The second-order valence-electron chi connectivity index (χ2n) is 9.12. The van der Waals surface area contributed by atoms with E-state index in [2.05, 4.69) is 20.6 Å². The highest BCUT2D eigenvalue weighted by atomic mass is 32.2. The first-order valence-electron chi connectivity index (χ1n) is 11.4. The molecular formula is C24H32N4O3S. The molecule has 8 heteroatoms. The van der Waals surface area contributed by atoms with Crippen LogP contribution >= 0.6 is 0 Å². The van der Waals surface area contributed by atoms with Crippen LogP contribution in [0.1, 0.15) is 40.7 Å². The van der Waals surface area contributed by atoms with Gasteiger partial charge in [0.05, 0.1) is 11.0 Å².